The predicted octanol–water partition coefficient (Wildman–Crippen LogP) is 35.7. The Morgan fingerprint density at radius 2 is 0.574 bits per heavy atom. The number of hydrogen-bond donors (Lipinski definition) is 0. The van der Waals surface area contributed by atoms with Crippen molar-refractivity contribution in [3.8, 4) is 28.2 Å². The molecular weight excluding hydrogens is 1580 g/mol. The Morgan fingerprint density at radius 3 is 1.05 bits per heavy atom. The van der Waals surface area contributed by atoms with E-state index in [1.807, 2.05) is 35.6 Å². The third kappa shape index (κ3) is 16.6. The molecule has 23 rings (SSSR count). The molecule has 0 fully saturated rings. The lowest BCUT2D eigenvalue weighted by Crippen LogP contribution is -2.16. The van der Waals surface area contributed by atoms with E-state index in [2.05, 4.69) is 486 Å². The van der Waals surface area contributed by atoms with Crippen LogP contribution in [0.1, 0.15) is 183 Å². The summed E-state index contributed by atoms with van der Waals surface area (Å²) >= 11 is 1.92. The Balaban J connectivity index is 0.000000107. The van der Waals surface area contributed by atoms with Gasteiger partial charge in [0.05, 0.1) is 33.1 Å². The monoisotopic (exact) mass is 1700 g/mol. The second-order valence-corrected chi connectivity index (χ2v) is 42.7. The number of para-hydroxylation sites is 9. The average molecular weight is 1700 g/mol. The van der Waals surface area contributed by atoms with E-state index in [9.17, 15) is 0 Å². The molecule has 1 aliphatic carbocycles. The average Bonchev–Trinajstić information content (AvgIpc) is 1.57. The summed E-state index contributed by atoms with van der Waals surface area (Å²) in [5.41, 5.74) is 29.9. The number of thiophene rings is 1. The molecule has 0 amide bonds. The molecule has 6 aromatic heterocycles. The fourth-order valence-electron chi connectivity index (χ4n) is 19.1. The minimum Gasteiger partial charge on any atom is -0.456 e. The van der Waals surface area contributed by atoms with Gasteiger partial charge in [-0.1, -0.05) is 399 Å². The molecule has 6 heteroatoms. The molecule has 0 unspecified atom stereocenters. The lowest BCUT2D eigenvalue weighted by atomic mass is 9.80. The van der Waals surface area contributed by atoms with Crippen LogP contribution in [0.25, 0.3) is 158 Å². The number of furan rings is 2. The summed E-state index contributed by atoms with van der Waals surface area (Å²) in [5, 5.41) is 15.4. The Bertz CT molecular complexity index is 7520. The Labute approximate surface area is 764 Å². The smallest absolute Gasteiger partial charge is 0.139 e. The molecule has 644 valence electrons. The van der Waals surface area contributed by atoms with Crippen LogP contribution in [0, 0.1) is 0 Å². The molecule has 129 heavy (non-hydrogen) atoms. The molecule has 0 spiro atoms. The van der Waals surface area contributed by atoms with Gasteiger partial charge in [0.2, 0.25) is 0 Å². The lowest BCUT2D eigenvalue weighted by Gasteiger charge is -2.23. The third-order valence-corrected chi connectivity index (χ3v) is 27.4. The summed E-state index contributed by atoms with van der Waals surface area (Å²) in [4.78, 5) is 0. The molecule has 0 atom stereocenters. The first-order valence-corrected chi connectivity index (χ1v) is 46.6. The maximum Gasteiger partial charge on any atom is 0.139 e. The van der Waals surface area contributed by atoms with E-state index in [-0.39, 0.29) is 37.9 Å². The van der Waals surface area contributed by atoms with Crippen LogP contribution < -0.4 is 0 Å². The lowest BCUT2D eigenvalue weighted by molar-refractivity contribution is 0.573. The van der Waals surface area contributed by atoms with Crippen LogP contribution in [0.5, 0.6) is 0 Å². The van der Waals surface area contributed by atoms with Crippen molar-refractivity contribution in [3.05, 3.63) is 402 Å². The number of fused-ring (bicyclic) bond motifs is 21. The summed E-state index contributed by atoms with van der Waals surface area (Å²) in [6.07, 6.45) is 0. The van der Waals surface area contributed by atoms with Crippen molar-refractivity contribution in [2.24, 2.45) is 0 Å². The Hall–Kier alpha value is -13.3. The number of benzene rings is 16. The SMILES string of the molecule is CC(C)(C)c1cc(-n2c3ccccc3c3ccccc32)cc(-n2c3ccccc3c3ccccc32)c1.CC(C)(C)c1ccc(-n2c3ccccc3c3ccccc32)cc1.CC(C)(C)c1ccc2c(c1)-c1ccccc1C2(C)C.CC(C)(C)c1ccc2oc3ccccc3c2c1.CC(C)(C)c1cccc2c1oc1ccccc12.CC(C)(C)c1cccc2c1sc1ccccc12. The second kappa shape index (κ2) is 33.4. The zero-order chi connectivity index (χ0) is 90.4. The van der Waals surface area contributed by atoms with Crippen molar-refractivity contribution < 1.29 is 8.83 Å². The highest BCUT2D eigenvalue weighted by Gasteiger charge is 2.36. The number of rotatable bonds is 3. The quantitative estimate of drug-likeness (QED) is 0.177. The zero-order valence-electron chi connectivity index (χ0n) is 78.6. The van der Waals surface area contributed by atoms with Crippen molar-refractivity contribution in [3.63, 3.8) is 0 Å². The minimum atomic E-state index is 0.00226. The summed E-state index contributed by atoms with van der Waals surface area (Å²) in [7, 11) is 0. The summed E-state index contributed by atoms with van der Waals surface area (Å²) in [6.45, 7) is 45.3. The van der Waals surface area contributed by atoms with Gasteiger partial charge in [-0.2, -0.15) is 0 Å². The van der Waals surface area contributed by atoms with E-state index in [1.165, 1.54) is 180 Å². The molecule has 22 aromatic rings. The minimum absolute atomic E-state index is 0.00226. The molecule has 0 bridgehead atoms. The van der Waals surface area contributed by atoms with E-state index < -0.39 is 0 Å². The van der Waals surface area contributed by atoms with E-state index in [4.69, 9.17) is 8.83 Å². The van der Waals surface area contributed by atoms with Gasteiger partial charge in [-0.05, 0) is 180 Å². The van der Waals surface area contributed by atoms with Crippen LogP contribution >= 0.6 is 11.3 Å². The van der Waals surface area contributed by atoms with Gasteiger partial charge in [-0.3, -0.25) is 0 Å². The van der Waals surface area contributed by atoms with Gasteiger partial charge in [0.1, 0.15) is 22.3 Å². The van der Waals surface area contributed by atoms with Crippen LogP contribution in [0.15, 0.2) is 367 Å². The van der Waals surface area contributed by atoms with Crippen molar-refractivity contribution >= 4 is 141 Å². The number of hydrogen-bond acceptors (Lipinski definition) is 3. The van der Waals surface area contributed by atoms with Crippen molar-refractivity contribution in [2.75, 3.05) is 0 Å². The van der Waals surface area contributed by atoms with E-state index >= 15 is 0 Å². The van der Waals surface area contributed by atoms with Gasteiger partial charge in [-0.25, -0.2) is 0 Å². The van der Waals surface area contributed by atoms with Gasteiger partial charge in [0, 0.05) is 102 Å². The van der Waals surface area contributed by atoms with E-state index in [0.29, 0.717) is 0 Å². The highest BCUT2D eigenvalue weighted by molar-refractivity contribution is 7.26. The first-order chi connectivity index (χ1) is 61.6. The molecular formula is C123H119N3O2S. The van der Waals surface area contributed by atoms with Crippen molar-refractivity contribution in [1.82, 2.24) is 13.7 Å². The maximum absolute atomic E-state index is 6.01. The highest BCUT2D eigenvalue weighted by Crippen LogP contribution is 2.51. The van der Waals surface area contributed by atoms with Gasteiger partial charge in [0.15, 0.2) is 0 Å². The Morgan fingerprint density at radius 1 is 0.225 bits per heavy atom. The fourth-order valence-corrected chi connectivity index (χ4v) is 20.5. The topological polar surface area (TPSA) is 41.1 Å². The molecule has 16 aromatic carbocycles. The fraction of sp³-hybridized carbons (Fsp3) is 0.220. The highest BCUT2D eigenvalue weighted by atomic mass is 32.1. The largest absolute Gasteiger partial charge is 0.456 e. The molecule has 0 saturated heterocycles. The van der Waals surface area contributed by atoms with Crippen LogP contribution in [0.2, 0.25) is 0 Å². The molecule has 0 N–H and O–H groups in total. The van der Waals surface area contributed by atoms with Crippen LogP contribution in [0.3, 0.4) is 0 Å². The van der Waals surface area contributed by atoms with Gasteiger partial charge >= 0.3 is 0 Å². The van der Waals surface area contributed by atoms with E-state index in [1.54, 1.807) is 0 Å². The number of aromatic nitrogens is 3. The van der Waals surface area contributed by atoms with Gasteiger partial charge < -0.3 is 22.5 Å². The van der Waals surface area contributed by atoms with E-state index in [0.717, 1.165) is 22.3 Å². The maximum atomic E-state index is 6.01. The van der Waals surface area contributed by atoms with Gasteiger partial charge in [0.25, 0.3) is 0 Å². The first kappa shape index (κ1) is 86.5. The molecule has 6 heterocycles. The van der Waals surface area contributed by atoms with Crippen LogP contribution in [-0.2, 0) is 37.9 Å². The van der Waals surface area contributed by atoms with Crippen LogP contribution in [0.4, 0.5) is 0 Å². The van der Waals surface area contributed by atoms with Crippen molar-refractivity contribution in [2.45, 2.75) is 176 Å². The molecule has 0 saturated carbocycles. The Kier molecular flexibility index (Phi) is 22.4. The number of nitrogens with zero attached hydrogens (tertiary/aromatic N) is 3. The van der Waals surface area contributed by atoms with Crippen molar-refractivity contribution in [1.29, 1.82) is 0 Å². The summed E-state index contributed by atoms with van der Waals surface area (Å²) < 4.78 is 21.9. The first-order valence-electron chi connectivity index (χ1n) is 45.8. The summed E-state index contributed by atoms with van der Waals surface area (Å²) in [5.74, 6) is 0. The van der Waals surface area contributed by atoms with Crippen LogP contribution in [-0.4, -0.2) is 13.7 Å². The van der Waals surface area contributed by atoms with Gasteiger partial charge in [-0.15, -0.1) is 11.3 Å². The standard InChI is InChI=1S/C34H28N2.C22H21N.C19H22.2C16H16O.C16H16S/c1-34(2,3)23-20-24(35-30-16-8-4-12-26(30)27-13-5-9-17-31(27)35)22-25(21-23)36-32-18-10-6-14-28(32)29-15-7-11-19-33(29)36;1-22(2,3)16-12-14-17(15-13-16)23-20-10-6-4-8-18(20)19-9-5-7-11-21(19)23;1-18(2,3)13-10-11-17-15(12-13)14-8-6-7-9-16(14)19(17,4)5;1-16(2,3)13-9-6-8-12-11-7-4-5-10-14(11)17-15(12)13;1-16(2,3)11-8-9-15-13(10-11)12-6-4-5-7-14(12)17-15;1-16(2,3)13-9-6-8-12-11-7-4-5-10-14(11)17-15(12)13/h4-22H,1-3H3;4-15H,1-3H3;6-12H,1-5H3;3*4-10H,1-3H3. The molecule has 5 nitrogen and oxygen atoms in total. The molecule has 0 radical (unpaired) electrons. The molecule has 1 aliphatic rings. The third-order valence-electron chi connectivity index (χ3n) is 26.1. The zero-order valence-corrected chi connectivity index (χ0v) is 79.4. The predicted molar refractivity (Wildman–Crippen MR) is 559 cm³/mol. The normalized spacial score (nSPS) is 12.9. The molecule has 0 aliphatic heterocycles. The summed E-state index contributed by atoms with van der Waals surface area (Å²) in [6, 6.07) is 129. The second-order valence-electron chi connectivity index (χ2n) is 41.7.